The van der Waals surface area contributed by atoms with Crippen molar-refractivity contribution in [2.24, 2.45) is 13.0 Å². The summed E-state index contributed by atoms with van der Waals surface area (Å²) in [7, 11) is 1.97. The molecule has 4 aliphatic rings. The highest BCUT2D eigenvalue weighted by atomic mass is 16.5. The van der Waals surface area contributed by atoms with Crippen molar-refractivity contribution in [3.8, 4) is 5.75 Å². The van der Waals surface area contributed by atoms with Crippen LogP contribution < -0.4 is 11.0 Å². The van der Waals surface area contributed by atoms with Crippen LogP contribution in [0.5, 0.6) is 5.75 Å². The van der Waals surface area contributed by atoms with Crippen molar-refractivity contribution in [1.82, 2.24) is 23.8 Å². The van der Waals surface area contributed by atoms with E-state index in [4.69, 9.17) is 4.74 Å². The number of rotatable bonds is 5. The van der Waals surface area contributed by atoms with E-state index < -0.39 is 0 Å². The van der Waals surface area contributed by atoms with Gasteiger partial charge in [-0.15, -0.1) is 0 Å². The number of likely N-dealkylation sites (tertiary alicyclic amines) is 1. The normalized spacial score (nSPS) is 25.8. The number of aromatic hydroxyl groups is 1. The number of piperidine rings is 1. The number of hydrogen-bond donors (Lipinski definition) is 1. The number of piperazine rings is 1. The summed E-state index contributed by atoms with van der Waals surface area (Å²) in [5, 5.41) is 10.7. The van der Waals surface area contributed by atoms with Crippen molar-refractivity contribution >= 4 is 0 Å². The minimum Gasteiger partial charge on any atom is -0.503 e. The summed E-state index contributed by atoms with van der Waals surface area (Å²) in [5.74, 6) is 0.649. The highest BCUT2D eigenvalue weighted by Gasteiger charge is 2.35. The summed E-state index contributed by atoms with van der Waals surface area (Å²) in [5.41, 5.74) is 2.58. The SMILES string of the molecule is Cn1c(CN2C[C@H]3C[C@@H](C2)c2cccc(=O)n2C3)cc(=O)c(O)c1CN1CCN(C2CCOCC2)CC1. The van der Waals surface area contributed by atoms with Crippen LogP contribution in [0.1, 0.15) is 42.3 Å². The highest BCUT2D eigenvalue weighted by Crippen LogP contribution is 2.35. The van der Waals surface area contributed by atoms with E-state index in [1.54, 1.807) is 12.1 Å². The zero-order chi connectivity index (χ0) is 25.5. The van der Waals surface area contributed by atoms with Crippen LogP contribution in [0.15, 0.2) is 33.9 Å². The Balaban J connectivity index is 1.14. The predicted molar refractivity (Wildman–Crippen MR) is 141 cm³/mol. The van der Waals surface area contributed by atoms with Gasteiger partial charge in [-0.3, -0.25) is 24.3 Å². The second-order valence-electron chi connectivity index (χ2n) is 11.4. The van der Waals surface area contributed by atoms with Crippen LogP contribution in [-0.4, -0.2) is 87.5 Å². The fourth-order valence-corrected chi connectivity index (χ4v) is 7.03. The lowest BCUT2D eigenvalue weighted by atomic mass is 9.83. The molecule has 0 aliphatic carbocycles. The standard InChI is InChI=1S/C28H39N5O4/c1-29-23(18-31-15-20-13-21(17-31)24-3-2-4-27(35)33(24)16-20)14-26(34)28(36)25(29)19-30-7-9-32(10-8-30)22-5-11-37-12-6-22/h2-4,14,20-22,36H,5-13,15-19H2,1H3/t20-,21+/m1/s1. The van der Waals surface area contributed by atoms with Crippen molar-refractivity contribution in [3.63, 3.8) is 0 Å². The van der Waals surface area contributed by atoms with Crippen molar-refractivity contribution < 1.29 is 9.84 Å². The van der Waals surface area contributed by atoms with Gasteiger partial charge >= 0.3 is 0 Å². The molecule has 0 unspecified atom stereocenters. The summed E-state index contributed by atoms with van der Waals surface area (Å²) in [6, 6.07) is 7.83. The molecule has 0 amide bonds. The first-order valence-electron chi connectivity index (χ1n) is 13.8. The van der Waals surface area contributed by atoms with Crippen LogP contribution in [0.2, 0.25) is 0 Å². The Labute approximate surface area is 217 Å². The Morgan fingerprint density at radius 1 is 0.973 bits per heavy atom. The molecule has 200 valence electrons. The summed E-state index contributed by atoms with van der Waals surface area (Å²) >= 11 is 0. The van der Waals surface area contributed by atoms with Gasteiger partial charge in [0.15, 0.2) is 5.75 Å². The largest absolute Gasteiger partial charge is 0.503 e. The van der Waals surface area contributed by atoms with E-state index >= 15 is 0 Å². The Kier molecular flexibility index (Phi) is 6.96. The van der Waals surface area contributed by atoms with Crippen molar-refractivity contribution in [2.45, 2.75) is 50.9 Å². The molecule has 9 nitrogen and oxygen atoms in total. The smallest absolute Gasteiger partial charge is 0.250 e. The lowest BCUT2D eigenvalue weighted by Crippen LogP contribution is -2.51. The van der Waals surface area contributed by atoms with Gasteiger partial charge in [0.25, 0.3) is 5.56 Å². The molecule has 6 rings (SSSR count). The van der Waals surface area contributed by atoms with E-state index in [1.807, 2.05) is 22.2 Å². The second kappa shape index (κ2) is 10.4. The summed E-state index contributed by atoms with van der Waals surface area (Å²) < 4.78 is 9.50. The Morgan fingerprint density at radius 2 is 1.76 bits per heavy atom. The van der Waals surface area contributed by atoms with Gasteiger partial charge in [0, 0.05) is 115 Å². The Morgan fingerprint density at radius 3 is 2.54 bits per heavy atom. The number of ether oxygens (including phenoxy) is 1. The molecule has 2 bridgehead atoms. The molecule has 2 aromatic rings. The van der Waals surface area contributed by atoms with Gasteiger partial charge < -0.3 is 19.0 Å². The van der Waals surface area contributed by atoms with Crippen molar-refractivity contribution in [3.05, 3.63) is 61.9 Å². The molecule has 6 heterocycles. The Hall–Kier alpha value is -2.46. The molecule has 0 saturated carbocycles. The molecule has 3 fully saturated rings. The van der Waals surface area contributed by atoms with Crippen LogP contribution in [0.25, 0.3) is 0 Å². The number of pyridine rings is 2. The van der Waals surface area contributed by atoms with Crippen LogP contribution in [-0.2, 0) is 31.4 Å². The van der Waals surface area contributed by atoms with Crippen LogP contribution >= 0.6 is 0 Å². The van der Waals surface area contributed by atoms with Crippen LogP contribution in [0, 0.1) is 5.92 Å². The van der Waals surface area contributed by atoms with E-state index in [-0.39, 0.29) is 16.7 Å². The number of nitrogens with zero attached hydrogens (tertiary/aromatic N) is 5. The number of hydrogen-bond acceptors (Lipinski definition) is 7. The van der Waals surface area contributed by atoms with Gasteiger partial charge in [-0.2, -0.15) is 0 Å². The quantitative estimate of drug-likeness (QED) is 0.648. The average Bonchev–Trinajstić information content (AvgIpc) is 2.91. The Bertz CT molecular complexity index is 1240. The van der Waals surface area contributed by atoms with Crippen molar-refractivity contribution in [1.29, 1.82) is 0 Å². The molecule has 1 N–H and O–H groups in total. The molecule has 37 heavy (non-hydrogen) atoms. The van der Waals surface area contributed by atoms with E-state index in [0.717, 1.165) is 89.7 Å². The fourth-order valence-electron chi connectivity index (χ4n) is 7.03. The molecule has 2 aromatic heterocycles. The molecule has 3 saturated heterocycles. The first-order valence-corrected chi connectivity index (χ1v) is 13.8. The van der Waals surface area contributed by atoms with Gasteiger partial charge in [0.05, 0.1) is 5.69 Å². The molecular formula is C28H39N5O4. The third-order valence-corrected chi connectivity index (χ3v) is 9.07. The lowest BCUT2D eigenvalue weighted by molar-refractivity contribution is 0.0121. The maximum Gasteiger partial charge on any atom is 0.250 e. The van der Waals surface area contributed by atoms with E-state index in [9.17, 15) is 14.7 Å². The maximum atomic E-state index is 12.8. The van der Waals surface area contributed by atoms with E-state index in [2.05, 4.69) is 20.8 Å². The fraction of sp³-hybridized carbons (Fsp3) is 0.643. The zero-order valence-corrected chi connectivity index (χ0v) is 21.8. The van der Waals surface area contributed by atoms with E-state index in [1.165, 1.54) is 0 Å². The van der Waals surface area contributed by atoms with E-state index in [0.29, 0.717) is 36.7 Å². The molecule has 0 radical (unpaired) electrons. The highest BCUT2D eigenvalue weighted by molar-refractivity contribution is 5.30. The third-order valence-electron chi connectivity index (χ3n) is 9.07. The predicted octanol–water partition coefficient (Wildman–Crippen LogP) is 1.17. The van der Waals surface area contributed by atoms with Gasteiger partial charge in [-0.1, -0.05) is 6.07 Å². The summed E-state index contributed by atoms with van der Waals surface area (Å²) in [6.45, 7) is 9.41. The van der Waals surface area contributed by atoms with Gasteiger partial charge in [-0.25, -0.2) is 0 Å². The molecule has 0 spiro atoms. The lowest BCUT2D eigenvalue weighted by Gasteiger charge is -2.43. The zero-order valence-electron chi connectivity index (χ0n) is 21.8. The minimum atomic E-state index is -0.293. The summed E-state index contributed by atoms with van der Waals surface area (Å²) in [4.78, 5) is 32.5. The average molecular weight is 510 g/mol. The maximum absolute atomic E-state index is 12.8. The summed E-state index contributed by atoms with van der Waals surface area (Å²) in [6.07, 6.45) is 3.33. The third kappa shape index (κ3) is 5.02. The molecule has 0 aromatic carbocycles. The van der Waals surface area contributed by atoms with Gasteiger partial charge in [0.1, 0.15) is 0 Å². The first kappa shape index (κ1) is 24.9. The monoisotopic (exact) mass is 509 g/mol. The topological polar surface area (TPSA) is 83.2 Å². The number of fused-ring (bicyclic) bond motifs is 4. The minimum absolute atomic E-state index is 0.0971. The van der Waals surface area contributed by atoms with Crippen molar-refractivity contribution in [2.75, 3.05) is 52.5 Å². The molecule has 9 heteroatoms. The number of aromatic nitrogens is 2. The molecule has 2 atom stereocenters. The second-order valence-corrected chi connectivity index (χ2v) is 11.4. The molecular weight excluding hydrogens is 470 g/mol. The van der Waals surface area contributed by atoms with Crippen LogP contribution in [0.3, 0.4) is 0 Å². The van der Waals surface area contributed by atoms with Gasteiger partial charge in [0.2, 0.25) is 5.43 Å². The molecule has 4 aliphatic heterocycles. The van der Waals surface area contributed by atoms with Gasteiger partial charge in [-0.05, 0) is 31.2 Å². The van der Waals surface area contributed by atoms with Crippen LogP contribution in [0.4, 0.5) is 0 Å². The first-order chi connectivity index (χ1) is 18.0.